The first kappa shape index (κ1) is 17.7. The molecule has 0 saturated heterocycles. The first-order chi connectivity index (χ1) is 13.5. The lowest BCUT2D eigenvalue weighted by Gasteiger charge is -2.15. The van der Waals surface area contributed by atoms with Crippen LogP contribution < -0.4 is 11.6 Å². The van der Waals surface area contributed by atoms with E-state index in [0.29, 0.717) is 11.3 Å². The molecule has 5 N–H and O–H groups in total. The molecule has 0 fully saturated rings. The number of halogens is 1. The van der Waals surface area contributed by atoms with Crippen LogP contribution in [0.5, 0.6) is 0 Å². The lowest BCUT2D eigenvalue weighted by molar-refractivity contribution is 0.379. The van der Waals surface area contributed by atoms with Crippen molar-refractivity contribution in [2.45, 2.75) is 6.54 Å². The van der Waals surface area contributed by atoms with Gasteiger partial charge in [0.1, 0.15) is 11.5 Å². The van der Waals surface area contributed by atoms with E-state index in [9.17, 15) is 4.39 Å². The Bertz CT molecular complexity index is 1160. The molecule has 0 amide bonds. The molecule has 0 aliphatic heterocycles. The van der Waals surface area contributed by atoms with Crippen molar-refractivity contribution in [2.24, 2.45) is 18.6 Å². The highest BCUT2D eigenvalue weighted by atomic mass is 19.1. The molecule has 0 unspecified atom stereocenters. The van der Waals surface area contributed by atoms with Gasteiger partial charge in [0.05, 0.1) is 18.4 Å². The summed E-state index contributed by atoms with van der Waals surface area (Å²) >= 11 is 0. The molecule has 0 saturated carbocycles. The monoisotopic (exact) mass is 377 g/mol. The van der Waals surface area contributed by atoms with Gasteiger partial charge >= 0.3 is 0 Å². The van der Waals surface area contributed by atoms with Gasteiger partial charge in [0.25, 0.3) is 0 Å². The summed E-state index contributed by atoms with van der Waals surface area (Å²) in [6, 6.07) is 8.51. The number of nitrogens with zero attached hydrogens (tertiary/aromatic N) is 4. The van der Waals surface area contributed by atoms with E-state index in [-0.39, 0.29) is 12.4 Å². The number of aryl methyl sites for hydroxylation is 1. The van der Waals surface area contributed by atoms with Gasteiger partial charge in [0, 0.05) is 59.5 Å². The molecule has 28 heavy (non-hydrogen) atoms. The fraction of sp³-hybridized carbons (Fsp3) is 0.100. The summed E-state index contributed by atoms with van der Waals surface area (Å²) < 4.78 is 15.6. The summed E-state index contributed by atoms with van der Waals surface area (Å²) in [4.78, 5) is 7.57. The number of nitrogens with one attached hydrogen (secondary N) is 1. The summed E-state index contributed by atoms with van der Waals surface area (Å²) in [5.74, 6) is 5.72. The minimum Gasteiger partial charge on any atom is -0.397 e. The Labute approximate surface area is 161 Å². The zero-order chi connectivity index (χ0) is 19.7. The molecular weight excluding hydrogens is 357 g/mol. The van der Waals surface area contributed by atoms with E-state index in [1.165, 1.54) is 11.1 Å². The van der Waals surface area contributed by atoms with Crippen molar-refractivity contribution < 1.29 is 4.39 Å². The standard InChI is InChI=1S/C20H20FN7/c1-27-10-15(8-26-27)14-6-16-17(9-25-20(16)24-7-14)19(22)12-28(23)11-13-4-2-3-5-18(13)21/h2-10,12H,11,22-23H2,1H3,(H,24,25)/b19-12-. The third-order valence-electron chi connectivity index (χ3n) is 4.50. The van der Waals surface area contributed by atoms with Crippen molar-refractivity contribution in [3.63, 3.8) is 0 Å². The SMILES string of the molecule is Cn1cc(-c2cnc3[nH]cc(/C(N)=C/N(N)Cc4ccccc4F)c3c2)cn1. The molecule has 0 aliphatic rings. The average Bonchev–Trinajstić information content (AvgIpc) is 3.29. The van der Waals surface area contributed by atoms with Crippen molar-refractivity contribution in [3.8, 4) is 11.1 Å². The smallest absolute Gasteiger partial charge is 0.137 e. The van der Waals surface area contributed by atoms with E-state index >= 15 is 0 Å². The second-order valence-corrected chi connectivity index (χ2v) is 6.57. The van der Waals surface area contributed by atoms with Gasteiger partial charge in [-0.05, 0) is 12.1 Å². The second kappa shape index (κ2) is 7.16. The highest BCUT2D eigenvalue weighted by Crippen LogP contribution is 2.26. The molecule has 0 bridgehead atoms. The van der Waals surface area contributed by atoms with Crippen molar-refractivity contribution in [1.82, 2.24) is 24.8 Å². The number of hydrogen-bond acceptors (Lipinski definition) is 5. The van der Waals surface area contributed by atoms with E-state index in [1.807, 2.05) is 19.3 Å². The van der Waals surface area contributed by atoms with Gasteiger partial charge in [0.2, 0.25) is 0 Å². The van der Waals surface area contributed by atoms with Crippen molar-refractivity contribution >= 4 is 16.7 Å². The second-order valence-electron chi connectivity index (χ2n) is 6.57. The lowest BCUT2D eigenvalue weighted by atomic mass is 10.1. The molecule has 7 nitrogen and oxygen atoms in total. The third-order valence-corrected chi connectivity index (χ3v) is 4.50. The van der Waals surface area contributed by atoms with Crippen molar-refractivity contribution in [3.05, 3.63) is 78.3 Å². The number of pyridine rings is 1. The van der Waals surface area contributed by atoms with Crippen molar-refractivity contribution in [1.29, 1.82) is 0 Å². The molecule has 4 aromatic rings. The molecule has 0 aliphatic carbocycles. The number of aromatic nitrogens is 4. The van der Waals surface area contributed by atoms with Crippen LogP contribution in [0.4, 0.5) is 4.39 Å². The summed E-state index contributed by atoms with van der Waals surface area (Å²) in [6.07, 6.45) is 8.86. The Morgan fingerprint density at radius 1 is 1.29 bits per heavy atom. The minimum atomic E-state index is -0.303. The number of benzene rings is 1. The van der Waals surface area contributed by atoms with Crippen LogP contribution in [0.1, 0.15) is 11.1 Å². The molecule has 4 rings (SSSR count). The van der Waals surface area contributed by atoms with Gasteiger partial charge in [-0.15, -0.1) is 0 Å². The maximum Gasteiger partial charge on any atom is 0.137 e. The van der Waals surface area contributed by atoms with Crippen LogP contribution in [0.2, 0.25) is 0 Å². The Morgan fingerprint density at radius 3 is 2.86 bits per heavy atom. The molecule has 0 radical (unpaired) electrons. The molecule has 3 aromatic heterocycles. The summed E-state index contributed by atoms with van der Waals surface area (Å²) in [6.45, 7) is 0.203. The molecule has 8 heteroatoms. The quantitative estimate of drug-likeness (QED) is 0.367. The van der Waals surface area contributed by atoms with Crippen LogP contribution in [0.3, 0.4) is 0 Å². The largest absolute Gasteiger partial charge is 0.397 e. The topological polar surface area (TPSA) is 102 Å². The van der Waals surface area contributed by atoms with E-state index in [1.54, 1.807) is 47.7 Å². The average molecular weight is 377 g/mol. The maximum absolute atomic E-state index is 13.8. The normalized spacial score (nSPS) is 11.9. The minimum absolute atomic E-state index is 0.203. The predicted molar refractivity (Wildman–Crippen MR) is 107 cm³/mol. The predicted octanol–water partition coefficient (Wildman–Crippen LogP) is 2.74. The number of hydrazine groups is 1. The zero-order valence-electron chi connectivity index (χ0n) is 15.3. The van der Waals surface area contributed by atoms with Crippen LogP contribution >= 0.6 is 0 Å². The Balaban J connectivity index is 1.64. The highest BCUT2D eigenvalue weighted by Gasteiger charge is 2.11. The Kier molecular flexibility index (Phi) is 4.54. The first-order valence-electron chi connectivity index (χ1n) is 8.70. The lowest BCUT2D eigenvalue weighted by Crippen LogP contribution is -2.26. The molecule has 0 spiro atoms. The number of fused-ring (bicyclic) bond motifs is 1. The van der Waals surface area contributed by atoms with Crippen LogP contribution in [0.15, 0.2) is 61.3 Å². The van der Waals surface area contributed by atoms with Gasteiger partial charge in [-0.1, -0.05) is 18.2 Å². The molecule has 142 valence electrons. The fourth-order valence-corrected chi connectivity index (χ4v) is 3.09. The van der Waals surface area contributed by atoms with E-state index in [0.717, 1.165) is 27.7 Å². The maximum atomic E-state index is 13.8. The summed E-state index contributed by atoms with van der Waals surface area (Å²) in [5, 5.41) is 6.43. The number of aromatic amines is 1. The van der Waals surface area contributed by atoms with E-state index in [4.69, 9.17) is 11.6 Å². The van der Waals surface area contributed by atoms with E-state index in [2.05, 4.69) is 15.1 Å². The number of H-pyrrole nitrogens is 1. The third kappa shape index (κ3) is 3.45. The first-order valence-corrected chi connectivity index (χ1v) is 8.70. The van der Waals surface area contributed by atoms with Crippen LogP contribution in [-0.4, -0.2) is 24.8 Å². The number of hydrogen-bond donors (Lipinski definition) is 3. The van der Waals surface area contributed by atoms with Gasteiger partial charge in [-0.3, -0.25) is 4.68 Å². The Hall–Kier alpha value is -3.65. The van der Waals surface area contributed by atoms with Crippen molar-refractivity contribution in [2.75, 3.05) is 0 Å². The van der Waals surface area contributed by atoms with Gasteiger partial charge in [-0.25, -0.2) is 15.2 Å². The zero-order valence-corrected chi connectivity index (χ0v) is 15.3. The van der Waals surface area contributed by atoms with Gasteiger partial charge in [-0.2, -0.15) is 5.10 Å². The number of nitrogens with two attached hydrogens (primary N) is 2. The summed E-state index contributed by atoms with van der Waals surface area (Å²) in [5.41, 5.74) is 10.6. The number of rotatable bonds is 5. The molecular formula is C20H20FN7. The van der Waals surface area contributed by atoms with Crippen LogP contribution in [0, 0.1) is 5.82 Å². The van der Waals surface area contributed by atoms with Crippen LogP contribution in [-0.2, 0) is 13.6 Å². The van der Waals surface area contributed by atoms with Crippen LogP contribution in [0.25, 0.3) is 27.9 Å². The van der Waals surface area contributed by atoms with Gasteiger partial charge in [0.15, 0.2) is 0 Å². The fourth-order valence-electron chi connectivity index (χ4n) is 3.09. The molecule has 0 atom stereocenters. The highest BCUT2D eigenvalue weighted by molar-refractivity contribution is 5.92. The van der Waals surface area contributed by atoms with E-state index < -0.39 is 0 Å². The van der Waals surface area contributed by atoms with Gasteiger partial charge < -0.3 is 15.7 Å². The Morgan fingerprint density at radius 2 is 2.11 bits per heavy atom. The molecule has 1 aromatic carbocycles. The molecule has 3 heterocycles. The summed E-state index contributed by atoms with van der Waals surface area (Å²) in [7, 11) is 1.86.